The molecule has 0 unspecified atom stereocenters. The Morgan fingerprint density at radius 1 is 1.20 bits per heavy atom. The van der Waals surface area contributed by atoms with Crippen molar-refractivity contribution in [1.82, 2.24) is 19.8 Å². The molecule has 13 heteroatoms. The van der Waals surface area contributed by atoms with Crippen LogP contribution in [-0.4, -0.2) is 80.1 Å². The summed E-state index contributed by atoms with van der Waals surface area (Å²) in [5.41, 5.74) is 1.49. The summed E-state index contributed by atoms with van der Waals surface area (Å²) in [6, 6.07) is 5.65. The summed E-state index contributed by atoms with van der Waals surface area (Å²) in [6.07, 6.45) is 1.17. The molecule has 12 nitrogen and oxygen atoms in total. The maximum atomic E-state index is 13.0. The number of likely N-dealkylation sites (N-methyl/N-ethyl adjacent to an activating group) is 1. The lowest BCUT2D eigenvalue weighted by Crippen LogP contribution is -2.38. The molecule has 41 heavy (non-hydrogen) atoms. The molecule has 1 aliphatic heterocycles. The monoisotopic (exact) mass is 588 g/mol. The first-order chi connectivity index (χ1) is 19.1. The molecule has 1 aliphatic rings. The van der Waals surface area contributed by atoms with E-state index in [1.807, 2.05) is 43.5 Å². The summed E-state index contributed by atoms with van der Waals surface area (Å²) < 4.78 is 18.2. The van der Waals surface area contributed by atoms with Crippen LogP contribution in [0.4, 0.5) is 21.0 Å². The van der Waals surface area contributed by atoms with Crippen LogP contribution in [0.3, 0.4) is 0 Å². The molecule has 0 saturated carbocycles. The van der Waals surface area contributed by atoms with Crippen LogP contribution in [0.25, 0.3) is 11.3 Å². The molecule has 1 aromatic heterocycles. The fourth-order valence-electron chi connectivity index (χ4n) is 4.18. The second-order valence-corrected chi connectivity index (χ2v) is 18.1. The number of fused-ring (bicyclic) bond motifs is 4. The van der Waals surface area contributed by atoms with Crippen LogP contribution in [0.15, 0.2) is 24.4 Å². The van der Waals surface area contributed by atoms with E-state index in [-0.39, 0.29) is 19.2 Å². The summed E-state index contributed by atoms with van der Waals surface area (Å²) >= 11 is 0. The quantitative estimate of drug-likeness (QED) is 0.308. The first-order valence-corrected chi connectivity index (χ1v) is 17.5. The van der Waals surface area contributed by atoms with Crippen molar-refractivity contribution in [3.8, 4) is 11.3 Å². The number of alkyl carbamates (subject to hydrolysis) is 1. The van der Waals surface area contributed by atoms with Gasteiger partial charge < -0.3 is 29.4 Å². The minimum atomic E-state index is -1.29. The number of nitrogens with zero attached hydrogens (tertiary/aromatic N) is 3. The Morgan fingerprint density at radius 3 is 2.59 bits per heavy atom. The van der Waals surface area contributed by atoms with Crippen molar-refractivity contribution in [2.24, 2.45) is 0 Å². The van der Waals surface area contributed by atoms with Gasteiger partial charge in [-0.3, -0.25) is 15.0 Å². The van der Waals surface area contributed by atoms with Gasteiger partial charge in [0.1, 0.15) is 18.2 Å². The van der Waals surface area contributed by atoms with E-state index < -0.39 is 31.9 Å². The third-order valence-corrected chi connectivity index (χ3v) is 7.96. The topological polar surface area (TPSA) is 136 Å². The summed E-state index contributed by atoms with van der Waals surface area (Å²) in [5.74, 6) is 0.386. The smallest absolute Gasteiger partial charge is 0.411 e. The number of hydrogen-bond acceptors (Lipinski definition) is 8. The maximum absolute atomic E-state index is 13.0. The van der Waals surface area contributed by atoms with Crippen molar-refractivity contribution < 1.29 is 28.6 Å². The average Bonchev–Trinajstić information content (AvgIpc) is 3.26. The fourth-order valence-corrected chi connectivity index (χ4v) is 4.94. The minimum absolute atomic E-state index is 0.127. The van der Waals surface area contributed by atoms with Crippen LogP contribution >= 0.6 is 0 Å². The molecule has 0 spiro atoms. The van der Waals surface area contributed by atoms with Crippen molar-refractivity contribution >= 4 is 37.5 Å². The number of anilines is 2. The molecule has 226 valence electrons. The number of aromatic nitrogens is 2. The van der Waals surface area contributed by atoms with Gasteiger partial charge in [0.2, 0.25) is 5.91 Å². The molecule has 0 fully saturated rings. The molecule has 0 radical (unpaired) electrons. The van der Waals surface area contributed by atoms with Crippen LogP contribution in [0.1, 0.15) is 39.1 Å². The normalized spacial score (nSPS) is 16.5. The number of ether oxygens (including phenoxy) is 3. The number of nitrogens with one attached hydrogen (secondary N) is 3. The molecule has 2 bridgehead atoms. The van der Waals surface area contributed by atoms with E-state index in [4.69, 9.17) is 19.2 Å². The van der Waals surface area contributed by atoms with Gasteiger partial charge in [0.25, 0.3) is 0 Å². The predicted molar refractivity (Wildman–Crippen MR) is 161 cm³/mol. The standard InChI is InChI=1S/C28H44N6O6Si/c1-28(2,3)40-27(37)32-21-11-12-33(4)17-24(35)30-22-15-19(29-26(36)38-5)9-10-20(22)23-16-34(25(21)31-23)18-39-13-14-41(6,7)8/h9-10,15-16,21H,11-14,17-18H2,1-8H3,(H,29,36)(H,30,35)(H,32,37)/t21-/m0/s1. The van der Waals surface area contributed by atoms with Gasteiger partial charge in [0.15, 0.2) is 0 Å². The maximum Gasteiger partial charge on any atom is 0.411 e. The van der Waals surface area contributed by atoms with E-state index in [9.17, 15) is 14.4 Å². The van der Waals surface area contributed by atoms with Gasteiger partial charge in [-0.1, -0.05) is 19.6 Å². The van der Waals surface area contributed by atoms with E-state index in [1.54, 1.807) is 18.2 Å². The van der Waals surface area contributed by atoms with Crippen molar-refractivity contribution in [3.63, 3.8) is 0 Å². The van der Waals surface area contributed by atoms with E-state index >= 15 is 0 Å². The van der Waals surface area contributed by atoms with Crippen LogP contribution < -0.4 is 16.0 Å². The number of benzene rings is 1. The second kappa shape index (κ2) is 13.5. The number of carbonyl (C=O) groups excluding carboxylic acids is 3. The van der Waals surface area contributed by atoms with Gasteiger partial charge in [0.05, 0.1) is 31.1 Å². The Balaban J connectivity index is 2.06. The lowest BCUT2D eigenvalue weighted by atomic mass is 10.1. The second-order valence-electron chi connectivity index (χ2n) is 12.5. The van der Waals surface area contributed by atoms with Gasteiger partial charge in [-0.05, 0) is 58.5 Å². The van der Waals surface area contributed by atoms with E-state index in [2.05, 4.69) is 35.6 Å². The number of carbonyl (C=O) groups is 3. The Morgan fingerprint density at radius 2 is 1.93 bits per heavy atom. The summed E-state index contributed by atoms with van der Waals surface area (Å²) in [5, 5.41) is 8.58. The van der Waals surface area contributed by atoms with Crippen LogP contribution in [0.5, 0.6) is 0 Å². The average molecular weight is 589 g/mol. The predicted octanol–water partition coefficient (Wildman–Crippen LogP) is 4.88. The van der Waals surface area contributed by atoms with E-state index in [1.165, 1.54) is 7.11 Å². The zero-order valence-corrected chi connectivity index (χ0v) is 26.4. The van der Waals surface area contributed by atoms with E-state index in [0.717, 1.165) is 6.04 Å². The Kier molecular flexibility index (Phi) is 10.6. The van der Waals surface area contributed by atoms with Gasteiger partial charge >= 0.3 is 12.2 Å². The van der Waals surface area contributed by atoms with Crippen LogP contribution in [0.2, 0.25) is 25.7 Å². The van der Waals surface area contributed by atoms with E-state index in [0.29, 0.717) is 48.0 Å². The number of rotatable bonds is 7. The van der Waals surface area contributed by atoms with Crippen LogP contribution in [-0.2, 0) is 25.7 Å². The first-order valence-electron chi connectivity index (χ1n) is 13.8. The Hall–Kier alpha value is -3.42. The molecule has 1 atom stereocenters. The molecular weight excluding hydrogens is 544 g/mol. The molecule has 1 aromatic carbocycles. The highest BCUT2D eigenvalue weighted by Crippen LogP contribution is 2.32. The van der Waals surface area contributed by atoms with Gasteiger partial charge in [-0.15, -0.1) is 0 Å². The van der Waals surface area contributed by atoms with Crippen molar-refractivity contribution in [3.05, 3.63) is 30.2 Å². The molecule has 3 rings (SSSR count). The molecule has 0 saturated heterocycles. The van der Waals surface area contributed by atoms with Crippen molar-refractivity contribution in [2.45, 2.75) is 71.3 Å². The summed E-state index contributed by atoms with van der Waals surface area (Å²) in [4.78, 5) is 44.4. The highest BCUT2D eigenvalue weighted by Gasteiger charge is 2.27. The third-order valence-electron chi connectivity index (χ3n) is 6.25. The van der Waals surface area contributed by atoms with Crippen LogP contribution in [0, 0.1) is 0 Å². The Labute approximate surface area is 243 Å². The minimum Gasteiger partial charge on any atom is -0.453 e. The molecule has 3 amide bonds. The van der Waals surface area contributed by atoms with Gasteiger partial charge in [-0.2, -0.15) is 0 Å². The summed E-state index contributed by atoms with van der Waals surface area (Å²) in [7, 11) is 1.83. The molecule has 3 N–H and O–H groups in total. The highest BCUT2D eigenvalue weighted by molar-refractivity contribution is 6.76. The molecule has 0 aliphatic carbocycles. The zero-order valence-electron chi connectivity index (χ0n) is 25.4. The third kappa shape index (κ3) is 10.2. The summed E-state index contributed by atoms with van der Waals surface area (Å²) in [6.45, 7) is 13.8. The largest absolute Gasteiger partial charge is 0.453 e. The fraction of sp³-hybridized carbons (Fsp3) is 0.571. The molecule has 2 aromatic rings. The number of hydrogen-bond donors (Lipinski definition) is 3. The zero-order chi connectivity index (χ0) is 30.4. The SMILES string of the molecule is COC(=O)Nc1ccc2c(c1)NC(=O)CN(C)CC[C@H](NC(=O)OC(C)(C)C)c1nc-2cn1COCC[Si](C)(C)C. The number of amides is 3. The van der Waals surface area contributed by atoms with Crippen molar-refractivity contribution in [2.75, 3.05) is 44.5 Å². The highest BCUT2D eigenvalue weighted by atomic mass is 28.3. The molecule has 2 heterocycles. The van der Waals surface area contributed by atoms with Crippen molar-refractivity contribution in [1.29, 1.82) is 0 Å². The number of methoxy groups -OCH3 is 1. The first kappa shape index (κ1) is 32.1. The van der Waals surface area contributed by atoms with Gasteiger partial charge in [-0.25, -0.2) is 14.6 Å². The number of imidazole rings is 1. The lowest BCUT2D eigenvalue weighted by molar-refractivity contribution is -0.117. The lowest BCUT2D eigenvalue weighted by Gasteiger charge is -2.26. The molecular formula is C28H44N6O6Si. The Bertz CT molecular complexity index is 1240. The van der Waals surface area contributed by atoms with Gasteiger partial charge in [0, 0.05) is 38.7 Å².